The predicted molar refractivity (Wildman–Crippen MR) is 226 cm³/mol. The Morgan fingerprint density at radius 1 is 0.204 bits per heavy atom. The van der Waals surface area contributed by atoms with Crippen LogP contribution in [-0.2, 0) is 0 Å². The van der Waals surface area contributed by atoms with E-state index < -0.39 is 0 Å². The van der Waals surface area contributed by atoms with Crippen LogP contribution in [0.4, 0.5) is 0 Å². The molecule has 0 spiro atoms. The molecule has 2 nitrogen and oxygen atoms in total. The van der Waals surface area contributed by atoms with E-state index in [9.17, 15) is 0 Å². The van der Waals surface area contributed by atoms with Crippen LogP contribution < -0.4 is 0 Å². The van der Waals surface area contributed by atoms with Crippen LogP contribution in [0.3, 0.4) is 0 Å². The third-order valence-corrected chi connectivity index (χ3v) is 9.99. The first-order chi connectivity index (χ1) is 26.7. The van der Waals surface area contributed by atoms with Crippen LogP contribution in [-0.4, -0.2) is 9.97 Å². The number of nitrogens with zero attached hydrogens (tertiary/aromatic N) is 2. The molecule has 0 N–H and O–H groups in total. The number of benzene rings is 7. The number of hydrogen-bond donors (Lipinski definition) is 0. The van der Waals surface area contributed by atoms with Crippen molar-refractivity contribution in [3.05, 3.63) is 219 Å². The van der Waals surface area contributed by atoms with Gasteiger partial charge < -0.3 is 0 Å². The zero-order chi connectivity index (χ0) is 36.1. The van der Waals surface area contributed by atoms with Gasteiger partial charge in [0.15, 0.2) is 0 Å². The van der Waals surface area contributed by atoms with Gasteiger partial charge in [-0.25, -0.2) is 0 Å². The Labute approximate surface area is 316 Å². The summed E-state index contributed by atoms with van der Waals surface area (Å²) in [6, 6.07) is 71.7. The number of pyridine rings is 2. The van der Waals surface area contributed by atoms with E-state index in [4.69, 9.17) is 0 Å². The van der Waals surface area contributed by atoms with Gasteiger partial charge in [-0.15, -0.1) is 0 Å². The highest BCUT2D eigenvalue weighted by Gasteiger charge is 2.11. The first kappa shape index (κ1) is 32.7. The van der Waals surface area contributed by atoms with Crippen molar-refractivity contribution in [1.29, 1.82) is 0 Å². The van der Waals surface area contributed by atoms with Gasteiger partial charge in [-0.05, 0) is 151 Å². The average molecular weight is 689 g/mol. The molecule has 0 amide bonds. The maximum Gasteiger partial charge on any atom is 0.0702 e. The highest BCUT2D eigenvalue weighted by atomic mass is 14.7. The summed E-state index contributed by atoms with van der Waals surface area (Å²) in [4.78, 5) is 8.91. The average Bonchev–Trinajstić information content (AvgIpc) is 3.27. The number of rotatable bonds is 8. The van der Waals surface area contributed by atoms with Gasteiger partial charge in [0, 0.05) is 24.2 Å². The highest BCUT2D eigenvalue weighted by Crippen LogP contribution is 2.36. The Bertz CT molecular complexity index is 2640. The summed E-state index contributed by atoms with van der Waals surface area (Å²) in [5, 5.41) is 0. The van der Waals surface area contributed by atoms with Crippen LogP contribution in [0.2, 0.25) is 0 Å². The van der Waals surface area contributed by atoms with Gasteiger partial charge in [-0.2, -0.15) is 0 Å². The fourth-order valence-corrected chi connectivity index (χ4v) is 7.21. The van der Waals surface area contributed by atoms with Crippen molar-refractivity contribution >= 4 is 0 Å². The first-order valence-electron chi connectivity index (χ1n) is 18.3. The molecule has 54 heavy (non-hydrogen) atoms. The molecule has 0 aliphatic carbocycles. The van der Waals surface area contributed by atoms with Crippen LogP contribution in [0.5, 0.6) is 0 Å². The van der Waals surface area contributed by atoms with Gasteiger partial charge in [-0.3, -0.25) is 9.97 Å². The minimum absolute atomic E-state index is 0.949. The molecule has 0 saturated heterocycles. The molecule has 254 valence electrons. The van der Waals surface area contributed by atoms with E-state index in [2.05, 4.69) is 198 Å². The third kappa shape index (κ3) is 7.01. The lowest BCUT2D eigenvalue weighted by Crippen LogP contribution is -1.89. The van der Waals surface area contributed by atoms with Crippen LogP contribution in [0.25, 0.3) is 89.1 Å². The molecule has 0 fully saturated rings. The van der Waals surface area contributed by atoms with Gasteiger partial charge >= 0.3 is 0 Å². The molecular weight excluding hydrogens is 653 g/mol. The molecule has 7 aromatic carbocycles. The normalized spacial score (nSPS) is 11.0. The minimum atomic E-state index is 0.949. The minimum Gasteiger partial charge on any atom is -0.265 e. The van der Waals surface area contributed by atoms with Gasteiger partial charge in [-0.1, -0.05) is 127 Å². The van der Waals surface area contributed by atoms with Crippen LogP contribution in [0.15, 0.2) is 219 Å². The molecule has 2 heterocycles. The maximum atomic E-state index is 4.67. The summed E-state index contributed by atoms with van der Waals surface area (Å²) < 4.78 is 0. The van der Waals surface area contributed by atoms with Crippen molar-refractivity contribution < 1.29 is 0 Å². The van der Waals surface area contributed by atoms with Crippen molar-refractivity contribution in [3.8, 4) is 89.1 Å². The van der Waals surface area contributed by atoms with E-state index in [1.165, 1.54) is 55.6 Å². The topological polar surface area (TPSA) is 25.8 Å². The van der Waals surface area contributed by atoms with Crippen molar-refractivity contribution in [3.63, 3.8) is 0 Å². The predicted octanol–water partition coefficient (Wildman–Crippen LogP) is 13.8. The molecule has 0 saturated carbocycles. The second-order valence-electron chi connectivity index (χ2n) is 13.5. The molecule has 0 radical (unpaired) electrons. The second-order valence-corrected chi connectivity index (χ2v) is 13.5. The van der Waals surface area contributed by atoms with Crippen LogP contribution in [0.1, 0.15) is 0 Å². The number of aromatic nitrogens is 2. The van der Waals surface area contributed by atoms with Gasteiger partial charge in [0.05, 0.1) is 5.69 Å². The summed E-state index contributed by atoms with van der Waals surface area (Å²) in [6.07, 6.45) is 5.53. The molecule has 9 aromatic rings. The molecule has 0 aliphatic heterocycles. The van der Waals surface area contributed by atoms with E-state index in [1.54, 1.807) is 0 Å². The first-order valence-corrected chi connectivity index (χ1v) is 18.3. The Balaban J connectivity index is 1.03. The zero-order valence-corrected chi connectivity index (χ0v) is 29.7. The molecule has 2 aromatic heterocycles. The van der Waals surface area contributed by atoms with E-state index in [-0.39, 0.29) is 0 Å². The summed E-state index contributed by atoms with van der Waals surface area (Å²) in [5.74, 6) is 0. The Morgan fingerprint density at radius 3 is 0.944 bits per heavy atom. The van der Waals surface area contributed by atoms with E-state index in [1.807, 2.05) is 30.7 Å². The van der Waals surface area contributed by atoms with E-state index in [0.717, 1.165) is 33.5 Å². The van der Waals surface area contributed by atoms with Crippen molar-refractivity contribution in [1.82, 2.24) is 9.97 Å². The second kappa shape index (κ2) is 14.8. The fraction of sp³-hybridized carbons (Fsp3) is 0. The highest BCUT2D eigenvalue weighted by molar-refractivity contribution is 5.84. The Kier molecular flexibility index (Phi) is 8.99. The van der Waals surface area contributed by atoms with Crippen molar-refractivity contribution in [2.24, 2.45) is 0 Å². The lowest BCUT2D eigenvalue weighted by molar-refractivity contribution is 1.32. The number of hydrogen-bond acceptors (Lipinski definition) is 2. The summed E-state index contributed by atoms with van der Waals surface area (Å²) in [5.41, 5.74) is 18.6. The van der Waals surface area contributed by atoms with Crippen LogP contribution in [0, 0.1) is 0 Å². The van der Waals surface area contributed by atoms with Crippen LogP contribution >= 0.6 is 0 Å². The fourth-order valence-electron chi connectivity index (χ4n) is 7.21. The summed E-state index contributed by atoms with van der Waals surface area (Å²) >= 11 is 0. The molecule has 2 heteroatoms. The molecular formula is C52H36N2. The Morgan fingerprint density at radius 2 is 0.519 bits per heavy atom. The molecule has 0 unspecified atom stereocenters. The van der Waals surface area contributed by atoms with E-state index >= 15 is 0 Å². The van der Waals surface area contributed by atoms with Gasteiger partial charge in [0.25, 0.3) is 0 Å². The largest absolute Gasteiger partial charge is 0.265 e. The summed E-state index contributed by atoms with van der Waals surface area (Å²) in [7, 11) is 0. The SMILES string of the molecule is c1ccc(-c2cccc(-c3cccc(-c4cccc(-c5cccc(-c6cccc(-c7cc(-c8ccncc8)cc(-c8ccccn8)c7)c6)c5)c4)c3)c2)cc1. The van der Waals surface area contributed by atoms with Crippen molar-refractivity contribution in [2.75, 3.05) is 0 Å². The lowest BCUT2D eigenvalue weighted by Gasteiger charge is -2.13. The monoisotopic (exact) mass is 688 g/mol. The quantitative estimate of drug-likeness (QED) is 0.159. The standard InChI is InChI=1S/C52H36N2/c1-2-11-37(12-3-1)39-13-6-14-40(29-39)41-15-7-16-42(30-41)43-17-8-18-44(31-43)45-19-9-20-46(32-45)47-21-10-22-48(33-47)50-34-49(38-24-27-53-28-25-38)35-51(36-50)52-23-4-5-26-54-52/h1-36H. The summed E-state index contributed by atoms with van der Waals surface area (Å²) in [6.45, 7) is 0. The third-order valence-electron chi connectivity index (χ3n) is 9.99. The van der Waals surface area contributed by atoms with E-state index in [0.29, 0.717) is 0 Å². The maximum absolute atomic E-state index is 4.67. The lowest BCUT2D eigenvalue weighted by atomic mass is 9.92. The molecule has 0 atom stereocenters. The van der Waals surface area contributed by atoms with Gasteiger partial charge in [0.2, 0.25) is 0 Å². The smallest absolute Gasteiger partial charge is 0.0702 e. The Hall–Kier alpha value is -7.16. The molecule has 0 bridgehead atoms. The van der Waals surface area contributed by atoms with Crippen molar-refractivity contribution in [2.45, 2.75) is 0 Å². The molecule has 0 aliphatic rings. The molecule has 9 rings (SSSR count). The van der Waals surface area contributed by atoms with Gasteiger partial charge in [0.1, 0.15) is 0 Å². The zero-order valence-electron chi connectivity index (χ0n) is 29.7.